The third kappa shape index (κ3) is 6.66. The predicted molar refractivity (Wildman–Crippen MR) is 151 cm³/mol. The van der Waals surface area contributed by atoms with Crippen molar-refractivity contribution in [3.63, 3.8) is 0 Å². The molecule has 0 atom stereocenters. The maximum Gasteiger partial charge on any atom is 0.420 e. The molecule has 41 heavy (non-hydrogen) atoms. The molecule has 1 fully saturated rings. The number of aromatic nitrogens is 1. The number of rotatable bonds is 7. The van der Waals surface area contributed by atoms with Crippen LogP contribution in [0.4, 0.5) is 19.0 Å². The number of amides is 1. The van der Waals surface area contributed by atoms with Crippen molar-refractivity contribution in [1.29, 1.82) is 0 Å². The molecule has 0 saturated carbocycles. The van der Waals surface area contributed by atoms with Crippen molar-refractivity contribution in [2.24, 2.45) is 0 Å². The first-order valence-corrected chi connectivity index (χ1v) is 13.2. The highest BCUT2D eigenvalue weighted by atomic mass is 19.4. The van der Waals surface area contributed by atoms with Crippen LogP contribution in [0.2, 0.25) is 0 Å². The Balaban J connectivity index is 1.34. The first kappa shape index (κ1) is 28.1. The zero-order valence-corrected chi connectivity index (χ0v) is 22.4. The Morgan fingerprint density at radius 3 is 2.39 bits per heavy atom. The first-order valence-electron chi connectivity index (χ1n) is 13.2. The van der Waals surface area contributed by atoms with Gasteiger partial charge in [0.15, 0.2) is 5.78 Å². The van der Waals surface area contributed by atoms with Crippen LogP contribution in [0.15, 0.2) is 71.3 Å². The fourth-order valence-electron chi connectivity index (χ4n) is 4.74. The van der Waals surface area contributed by atoms with Gasteiger partial charge in [-0.1, -0.05) is 12.1 Å². The van der Waals surface area contributed by atoms with Crippen LogP contribution in [0, 0.1) is 0 Å². The van der Waals surface area contributed by atoms with Gasteiger partial charge < -0.3 is 20.0 Å². The number of anilines is 1. The standard InChI is InChI=1S/C31H29F3N4O3/c1-37-12-14-38(15-13-37)30(40)22-6-4-21(5-7-22)23-16-24-17-26(41-29(24)27(18-23)31(32,33)34)10-9-25(39)8-2-20-3-11-28(35)36-19-20/h2-8,11,16-19H,9-10,12-15H2,1H3,(H2,35,36)/b8-2+. The fourth-order valence-corrected chi connectivity index (χ4v) is 4.74. The topological polar surface area (TPSA) is 92.7 Å². The number of nitrogens with two attached hydrogens (primary N) is 1. The summed E-state index contributed by atoms with van der Waals surface area (Å²) in [4.78, 5) is 33.1. The molecular weight excluding hydrogens is 533 g/mol. The molecule has 0 spiro atoms. The number of hydrogen-bond donors (Lipinski definition) is 1. The van der Waals surface area contributed by atoms with Crippen LogP contribution in [0.1, 0.15) is 33.7 Å². The monoisotopic (exact) mass is 562 g/mol. The molecule has 1 saturated heterocycles. The molecule has 0 unspecified atom stereocenters. The number of halogens is 3. The Labute approximate surface area is 235 Å². The summed E-state index contributed by atoms with van der Waals surface area (Å²) in [6, 6.07) is 14.2. The number of fused-ring (bicyclic) bond motifs is 1. The van der Waals surface area contributed by atoms with Crippen molar-refractivity contribution < 1.29 is 27.2 Å². The van der Waals surface area contributed by atoms with Gasteiger partial charge in [0, 0.05) is 56.2 Å². The molecule has 5 rings (SSSR count). The number of allylic oxidation sites excluding steroid dienone is 1. The number of piperazine rings is 1. The van der Waals surface area contributed by atoms with E-state index < -0.39 is 11.7 Å². The molecular formula is C31H29F3N4O3. The molecule has 0 bridgehead atoms. The largest absolute Gasteiger partial charge is 0.460 e. The highest BCUT2D eigenvalue weighted by Gasteiger charge is 2.35. The van der Waals surface area contributed by atoms with E-state index in [1.165, 1.54) is 12.3 Å². The minimum absolute atomic E-state index is 0.0652. The number of likely N-dealkylation sites (N-methyl/N-ethyl adjacent to an activating group) is 1. The second-order valence-corrected chi connectivity index (χ2v) is 10.1. The van der Waals surface area contributed by atoms with Crippen molar-refractivity contribution in [3.05, 3.63) is 89.3 Å². The normalized spacial score (nSPS) is 14.7. The molecule has 2 aromatic heterocycles. The van der Waals surface area contributed by atoms with Crippen LogP contribution in [-0.2, 0) is 17.4 Å². The van der Waals surface area contributed by atoms with E-state index in [0.717, 1.165) is 19.2 Å². The average molecular weight is 563 g/mol. The second kappa shape index (κ2) is 11.6. The van der Waals surface area contributed by atoms with Crippen molar-refractivity contribution in [2.75, 3.05) is 39.0 Å². The highest BCUT2D eigenvalue weighted by Crippen LogP contribution is 2.39. The van der Waals surface area contributed by atoms with Gasteiger partial charge >= 0.3 is 6.18 Å². The number of nitrogens with zero attached hydrogens (tertiary/aromatic N) is 3. The first-order chi connectivity index (χ1) is 19.6. The number of alkyl halides is 3. The lowest BCUT2D eigenvalue weighted by Gasteiger charge is -2.32. The highest BCUT2D eigenvalue weighted by molar-refractivity contribution is 5.95. The molecule has 7 nitrogen and oxygen atoms in total. The summed E-state index contributed by atoms with van der Waals surface area (Å²) in [6.07, 6.45) is 0.0991. The van der Waals surface area contributed by atoms with E-state index in [1.807, 2.05) is 7.05 Å². The minimum Gasteiger partial charge on any atom is -0.460 e. The van der Waals surface area contributed by atoms with Gasteiger partial charge in [-0.25, -0.2) is 4.98 Å². The van der Waals surface area contributed by atoms with E-state index in [4.69, 9.17) is 10.2 Å². The Morgan fingerprint density at radius 1 is 1.00 bits per heavy atom. The molecule has 0 aliphatic carbocycles. The summed E-state index contributed by atoms with van der Waals surface area (Å²) >= 11 is 0. The summed E-state index contributed by atoms with van der Waals surface area (Å²) < 4.78 is 47.7. The third-order valence-corrected chi connectivity index (χ3v) is 7.12. The second-order valence-electron chi connectivity index (χ2n) is 10.1. The average Bonchev–Trinajstić information content (AvgIpc) is 3.38. The van der Waals surface area contributed by atoms with Crippen LogP contribution < -0.4 is 5.73 Å². The smallest absolute Gasteiger partial charge is 0.420 e. The molecule has 10 heteroatoms. The fraction of sp³-hybridized carbons (Fsp3) is 0.258. The number of furan rings is 1. The van der Waals surface area contributed by atoms with Gasteiger partial charge in [0.25, 0.3) is 5.91 Å². The predicted octanol–water partition coefficient (Wildman–Crippen LogP) is 5.70. The van der Waals surface area contributed by atoms with Crippen LogP contribution in [-0.4, -0.2) is 59.7 Å². The number of nitrogen functional groups attached to an aromatic ring is 1. The van der Waals surface area contributed by atoms with Crippen LogP contribution in [0.3, 0.4) is 0 Å². The summed E-state index contributed by atoms with van der Waals surface area (Å²) in [5.74, 6) is 0.357. The van der Waals surface area contributed by atoms with E-state index in [2.05, 4.69) is 9.88 Å². The van der Waals surface area contributed by atoms with E-state index in [-0.39, 0.29) is 35.9 Å². The Bertz CT molecular complexity index is 1580. The number of carbonyl (C=O) groups excluding carboxylic acids is 2. The molecule has 1 aliphatic heterocycles. The maximum atomic E-state index is 14.0. The lowest BCUT2D eigenvalue weighted by atomic mass is 9.99. The minimum atomic E-state index is -4.65. The van der Waals surface area contributed by atoms with Crippen LogP contribution in [0.25, 0.3) is 28.2 Å². The zero-order valence-electron chi connectivity index (χ0n) is 22.4. The van der Waals surface area contributed by atoms with Gasteiger partial charge in [-0.15, -0.1) is 0 Å². The van der Waals surface area contributed by atoms with Gasteiger partial charge in [-0.05, 0) is 78.4 Å². The van der Waals surface area contributed by atoms with E-state index in [0.29, 0.717) is 46.5 Å². The molecule has 1 amide bonds. The SMILES string of the molecule is CN1CCN(C(=O)c2ccc(-c3cc(C(F)(F)F)c4oc(CCC(=O)/C=C/c5ccc(N)nc5)cc4c3)cc2)CC1. The Hall–Kier alpha value is -4.44. The maximum absolute atomic E-state index is 14.0. The lowest BCUT2D eigenvalue weighted by molar-refractivity contribution is -0.136. The van der Waals surface area contributed by atoms with Crippen molar-refractivity contribution >= 4 is 34.6 Å². The molecule has 1 aliphatic rings. The molecule has 2 aromatic carbocycles. The van der Waals surface area contributed by atoms with Gasteiger partial charge in [0.1, 0.15) is 17.2 Å². The molecule has 2 N–H and O–H groups in total. The number of hydrogen-bond acceptors (Lipinski definition) is 6. The quantitative estimate of drug-likeness (QED) is 0.291. The Kier molecular flexibility index (Phi) is 7.94. The summed E-state index contributed by atoms with van der Waals surface area (Å²) in [6.45, 7) is 2.85. The zero-order chi connectivity index (χ0) is 29.1. The van der Waals surface area contributed by atoms with Crippen molar-refractivity contribution in [3.8, 4) is 11.1 Å². The van der Waals surface area contributed by atoms with Gasteiger partial charge in [-0.3, -0.25) is 9.59 Å². The molecule has 4 aromatic rings. The van der Waals surface area contributed by atoms with Crippen molar-refractivity contribution in [2.45, 2.75) is 19.0 Å². The Morgan fingerprint density at radius 2 is 1.73 bits per heavy atom. The van der Waals surface area contributed by atoms with E-state index in [9.17, 15) is 22.8 Å². The molecule has 0 radical (unpaired) electrons. The molecule has 212 valence electrons. The summed E-state index contributed by atoms with van der Waals surface area (Å²) in [5.41, 5.74) is 6.49. The number of ketones is 1. The van der Waals surface area contributed by atoms with E-state index >= 15 is 0 Å². The summed E-state index contributed by atoms with van der Waals surface area (Å²) in [5, 5.41) is 0.290. The van der Waals surface area contributed by atoms with Gasteiger partial charge in [-0.2, -0.15) is 13.2 Å². The molecule has 3 heterocycles. The van der Waals surface area contributed by atoms with E-state index in [1.54, 1.807) is 59.5 Å². The summed E-state index contributed by atoms with van der Waals surface area (Å²) in [7, 11) is 2.01. The van der Waals surface area contributed by atoms with Gasteiger partial charge in [0.2, 0.25) is 0 Å². The number of aryl methyl sites for hydroxylation is 1. The lowest BCUT2D eigenvalue weighted by Crippen LogP contribution is -2.47. The van der Waals surface area contributed by atoms with Crippen molar-refractivity contribution in [1.82, 2.24) is 14.8 Å². The number of carbonyl (C=O) groups is 2. The number of benzene rings is 2. The van der Waals surface area contributed by atoms with Gasteiger partial charge in [0.05, 0.1) is 5.56 Å². The van der Waals surface area contributed by atoms with Crippen LogP contribution >= 0.6 is 0 Å². The number of pyridine rings is 1. The van der Waals surface area contributed by atoms with Crippen LogP contribution in [0.5, 0.6) is 0 Å². The third-order valence-electron chi connectivity index (χ3n) is 7.12.